The predicted molar refractivity (Wildman–Crippen MR) is 102 cm³/mol. The predicted octanol–water partition coefficient (Wildman–Crippen LogP) is 2.96. The van der Waals surface area contributed by atoms with Crippen molar-refractivity contribution in [3.63, 3.8) is 0 Å². The first kappa shape index (κ1) is 21.3. The van der Waals surface area contributed by atoms with Crippen LogP contribution in [-0.2, 0) is 22.0 Å². The Hall–Kier alpha value is -2.46. The molecule has 1 aromatic carbocycles. The Kier molecular flexibility index (Phi) is 5.95. The summed E-state index contributed by atoms with van der Waals surface area (Å²) in [4.78, 5) is 16.6. The second-order valence-corrected chi connectivity index (χ2v) is 8.74. The Morgan fingerprint density at radius 3 is 2.24 bits per heavy atom. The highest BCUT2D eigenvalue weighted by Crippen LogP contribution is 2.35. The Balaban J connectivity index is 1.68. The molecule has 0 spiro atoms. The molecular weight excluding hydrogens is 407 g/mol. The molecule has 0 bridgehead atoms. The van der Waals surface area contributed by atoms with E-state index in [0.717, 1.165) is 6.07 Å². The van der Waals surface area contributed by atoms with Gasteiger partial charge in [-0.1, -0.05) is 24.3 Å². The largest absolute Gasteiger partial charge is 0.419 e. The lowest BCUT2D eigenvalue weighted by Gasteiger charge is -2.35. The van der Waals surface area contributed by atoms with Crippen LogP contribution in [0.5, 0.6) is 0 Å². The third-order valence-corrected chi connectivity index (χ3v) is 6.58. The highest BCUT2D eigenvalue weighted by molar-refractivity contribution is 7.88. The summed E-state index contributed by atoms with van der Waals surface area (Å²) in [5.74, 6) is -0.525. The van der Waals surface area contributed by atoms with Crippen LogP contribution < -0.4 is 4.90 Å². The van der Waals surface area contributed by atoms with Crippen LogP contribution in [0.25, 0.3) is 0 Å². The van der Waals surface area contributed by atoms with Crippen molar-refractivity contribution >= 4 is 21.6 Å². The first-order valence-corrected chi connectivity index (χ1v) is 10.5. The number of Topliss-reactive ketones (excluding diaryl/α,β-unsaturated/α-hetero) is 1. The van der Waals surface area contributed by atoms with Crippen LogP contribution in [-0.4, -0.2) is 49.7 Å². The number of piperazine rings is 1. The van der Waals surface area contributed by atoms with E-state index in [1.165, 1.54) is 28.4 Å². The van der Waals surface area contributed by atoms with E-state index in [1.54, 1.807) is 24.3 Å². The smallest absolute Gasteiger partial charge is 0.353 e. The van der Waals surface area contributed by atoms with Crippen LogP contribution in [0.4, 0.5) is 19.0 Å². The van der Waals surface area contributed by atoms with Crippen molar-refractivity contribution in [3.05, 3.63) is 59.3 Å². The van der Waals surface area contributed by atoms with Gasteiger partial charge in [-0.25, -0.2) is 13.4 Å². The summed E-state index contributed by atoms with van der Waals surface area (Å²) < 4.78 is 66.2. The summed E-state index contributed by atoms with van der Waals surface area (Å²) in [5.41, 5.74) is 0.207. The number of alkyl halides is 3. The van der Waals surface area contributed by atoms with E-state index in [1.807, 2.05) is 0 Å². The van der Waals surface area contributed by atoms with Gasteiger partial charge in [0.05, 0.1) is 11.3 Å². The molecule has 1 aliphatic rings. The van der Waals surface area contributed by atoms with Crippen LogP contribution in [0.1, 0.15) is 28.4 Å². The van der Waals surface area contributed by atoms with Crippen molar-refractivity contribution in [1.82, 2.24) is 9.29 Å². The lowest BCUT2D eigenvalue weighted by atomic mass is 10.1. The zero-order chi connectivity index (χ0) is 21.2. The molecule has 1 aliphatic heterocycles. The fraction of sp³-hybridized carbons (Fsp3) is 0.368. The Morgan fingerprint density at radius 1 is 1.07 bits per heavy atom. The molecule has 0 amide bonds. The number of hydrogen-bond acceptors (Lipinski definition) is 5. The van der Waals surface area contributed by atoms with Gasteiger partial charge in [-0.3, -0.25) is 4.79 Å². The zero-order valence-electron chi connectivity index (χ0n) is 15.7. The summed E-state index contributed by atoms with van der Waals surface area (Å²) in [6.07, 6.45) is -3.24. The summed E-state index contributed by atoms with van der Waals surface area (Å²) in [6, 6.07) is 8.53. The van der Waals surface area contributed by atoms with Gasteiger partial charge in [0, 0.05) is 37.9 Å². The Labute approximate surface area is 167 Å². The molecule has 29 heavy (non-hydrogen) atoms. The van der Waals surface area contributed by atoms with E-state index in [2.05, 4.69) is 4.98 Å². The lowest BCUT2D eigenvalue weighted by molar-refractivity contribution is -0.137. The van der Waals surface area contributed by atoms with E-state index in [0.29, 0.717) is 11.1 Å². The van der Waals surface area contributed by atoms with Gasteiger partial charge in [0.15, 0.2) is 5.78 Å². The van der Waals surface area contributed by atoms with Crippen molar-refractivity contribution in [2.24, 2.45) is 0 Å². The second kappa shape index (κ2) is 8.11. The topological polar surface area (TPSA) is 70.6 Å². The van der Waals surface area contributed by atoms with Crippen LogP contribution in [0.15, 0.2) is 42.6 Å². The summed E-state index contributed by atoms with van der Waals surface area (Å²) in [6.45, 7) is 1.80. The zero-order valence-corrected chi connectivity index (χ0v) is 16.5. The number of ketones is 1. The summed E-state index contributed by atoms with van der Waals surface area (Å²) in [7, 11) is -3.63. The van der Waals surface area contributed by atoms with Crippen molar-refractivity contribution in [2.75, 3.05) is 31.1 Å². The number of carbonyl (C=O) groups is 1. The maximum absolute atomic E-state index is 13.2. The van der Waals surface area contributed by atoms with Gasteiger partial charge >= 0.3 is 6.18 Å². The number of nitrogens with zero attached hydrogens (tertiary/aromatic N) is 3. The minimum Gasteiger partial charge on any atom is -0.353 e. The van der Waals surface area contributed by atoms with Gasteiger partial charge in [0.25, 0.3) is 0 Å². The number of carbonyl (C=O) groups excluding carboxylic acids is 1. The van der Waals surface area contributed by atoms with Crippen molar-refractivity contribution in [3.8, 4) is 0 Å². The van der Waals surface area contributed by atoms with Gasteiger partial charge in [-0.15, -0.1) is 0 Å². The monoisotopic (exact) mass is 427 g/mol. The number of pyridine rings is 1. The number of aromatic nitrogens is 1. The van der Waals surface area contributed by atoms with Gasteiger partial charge in [0.1, 0.15) is 5.82 Å². The SMILES string of the molecule is CC(=O)c1ccc(CS(=O)(=O)N2CCN(c3ncccc3C(F)(F)F)CC2)cc1. The molecule has 6 nitrogen and oxygen atoms in total. The van der Waals surface area contributed by atoms with Crippen LogP contribution in [0, 0.1) is 0 Å². The maximum atomic E-state index is 13.2. The molecule has 0 unspecified atom stereocenters. The molecule has 0 radical (unpaired) electrons. The number of benzene rings is 1. The average molecular weight is 427 g/mol. The Morgan fingerprint density at radius 2 is 1.69 bits per heavy atom. The minimum atomic E-state index is -4.53. The number of rotatable bonds is 5. The molecule has 2 aromatic rings. The second-order valence-electron chi connectivity index (χ2n) is 6.77. The highest BCUT2D eigenvalue weighted by atomic mass is 32.2. The molecular formula is C19H20F3N3O3S. The van der Waals surface area contributed by atoms with Crippen LogP contribution >= 0.6 is 0 Å². The normalized spacial score (nSPS) is 16.1. The number of anilines is 1. The summed E-state index contributed by atoms with van der Waals surface area (Å²) in [5, 5.41) is 0. The molecule has 2 heterocycles. The highest BCUT2D eigenvalue weighted by Gasteiger charge is 2.37. The Bertz CT molecular complexity index is 984. The molecule has 156 valence electrons. The first-order valence-electron chi connectivity index (χ1n) is 8.93. The van der Waals surface area contributed by atoms with Crippen LogP contribution in [0.2, 0.25) is 0 Å². The van der Waals surface area contributed by atoms with Crippen molar-refractivity contribution in [1.29, 1.82) is 0 Å². The van der Waals surface area contributed by atoms with Crippen LogP contribution in [0.3, 0.4) is 0 Å². The fourth-order valence-electron chi connectivity index (χ4n) is 3.19. The maximum Gasteiger partial charge on any atom is 0.419 e. The van der Waals surface area contributed by atoms with E-state index < -0.39 is 21.8 Å². The molecule has 1 saturated heterocycles. The molecule has 1 fully saturated rings. The lowest BCUT2D eigenvalue weighted by Crippen LogP contribution is -2.49. The van der Waals surface area contributed by atoms with Gasteiger partial charge in [0.2, 0.25) is 10.0 Å². The molecule has 0 N–H and O–H groups in total. The van der Waals surface area contributed by atoms with E-state index in [9.17, 15) is 26.4 Å². The van der Waals surface area contributed by atoms with E-state index in [4.69, 9.17) is 0 Å². The van der Waals surface area contributed by atoms with Gasteiger partial charge in [-0.2, -0.15) is 17.5 Å². The summed E-state index contributed by atoms with van der Waals surface area (Å²) >= 11 is 0. The average Bonchev–Trinajstić information content (AvgIpc) is 2.67. The number of hydrogen-bond donors (Lipinski definition) is 0. The van der Waals surface area contributed by atoms with E-state index in [-0.39, 0.29) is 43.5 Å². The standard InChI is InChI=1S/C19H20F3N3O3S/c1-14(26)16-6-4-15(5-7-16)13-29(27,28)25-11-9-24(10-12-25)18-17(19(20,21)22)3-2-8-23-18/h2-8H,9-13H2,1H3. The number of sulfonamides is 1. The van der Waals surface area contributed by atoms with Crippen molar-refractivity contribution in [2.45, 2.75) is 18.9 Å². The molecule has 0 aliphatic carbocycles. The van der Waals surface area contributed by atoms with E-state index >= 15 is 0 Å². The third kappa shape index (κ3) is 4.94. The van der Waals surface area contributed by atoms with Crippen molar-refractivity contribution < 1.29 is 26.4 Å². The third-order valence-electron chi connectivity index (χ3n) is 4.73. The quantitative estimate of drug-likeness (QED) is 0.687. The minimum absolute atomic E-state index is 0.0712. The molecule has 0 atom stereocenters. The molecule has 3 rings (SSSR count). The molecule has 10 heteroatoms. The number of halogens is 3. The van der Waals surface area contributed by atoms with Gasteiger partial charge in [-0.05, 0) is 24.6 Å². The molecule has 1 aromatic heterocycles. The fourth-order valence-corrected chi connectivity index (χ4v) is 4.70. The first-order chi connectivity index (χ1) is 13.6. The molecule has 0 saturated carbocycles. The van der Waals surface area contributed by atoms with Gasteiger partial charge < -0.3 is 4.90 Å².